The summed E-state index contributed by atoms with van der Waals surface area (Å²) >= 11 is 0. The third kappa shape index (κ3) is 13.1. The summed E-state index contributed by atoms with van der Waals surface area (Å²) in [6.07, 6.45) is 7.65. The van der Waals surface area contributed by atoms with Gasteiger partial charge in [-0.2, -0.15) is 0 Å². The molecule has 4 aromatic rings. The van der Waals surface area contributed by atoms with Crippen molar-refractivity contribution in [1.29, 1.82) is 0 Å². The SMILES string of the molecule is CCn1c(-c2cccnc2[C@H](C)OC)c(CC(C)(C)COC(C)=O)c2cc(-c3cccc(C[C@H](NC(=O)[C@H](C4CCCC4)N(C)C(=O)C4CN(C(=O)C#CC(C)(C)N(C)C)C[C@@H]4C)C(=O)N4CCCCN4)c3)ccc21. The highest BCUT2D eigenvalue weighted by atomic mass is 16.5. The van der Waals surface area contributed by atoms with Crippen LogP contribution in [0.5, 0.6) is 0 Å². The first-order valence-corrected chi connectivity index (χ1v) is 27.1. The number of methoxy groups -OCH3 is 1. The second-order valence-electron chi connectivity index (χ2n) is 22.7. The number of aromatic nitrogens is 2. The van der Waals surface area contributed by atoms with E-state index in [4.69, 9.17) is 14.5 Å². The number of amides is 4. The molecule has 1 aliphatic carbocycles. The van der Waals surface area contributed by atoms with Crippen molar-refractivity contribution in [2.45, 2.75) is 137 Å². The van der Waals surface area contributed by atoms with Crippen molar-refractivity contribution in [1.82, 2.24) is 40.0 Å². The summed E-state index contributed by atoms with van der Waals surface area (Å²) < 4.78 is 13.8. The second-order valence-corrected chi connectivity index (χ2v) is 22.7. The number of fused-ring (bicyclic) bond motifs is 1. The molecule has 3 aliphatic rings. The number of nitrogens with one attached hydrogen (secondary N) is 2. The Morgan fingerprint density at radius 1 is 0.947 bits per heavy atom. The standard InChI is InChI=1S/C60H82N8O7/c1-13-67-51-26-25-45(34-47(51)48(35-59(5,6)38-75-41(4)69)55(67)46-24-19-29-61-53(46)40(3)74-12)44-23-18-20-42(32-44)33-50(58(73)68-31-17-16-30-62-68)63-56(71)54(43-21-14-15-22-43)65(11)57(72)49-37-66(36-39(49)2)52(70)27-28-60(7,8)64(9)10/h18-20,23-26,29,32,34,39-40,43,49-50,54,62H,13-17,21-22,30-31,33,35-38H2,1-12H3,(H,63,71)/t39-,40-,49?,50-,54-/m0/s1. The van der Waals surface area contributed by atoms with Crippen LogP contribution >= 0.6 is 0 Å². The smallest absolute Gasteiger partial charge is 0.302 e. The van der Waals surface area contributed by atoms with Crippen LogP contribution in [-0.4, -0.2) is 138 Å². The number of aryl methyl sites for hydroxylation is 1. The van der Waals surface area contributed by atoms with Crippen molar-refractivity contribution in [3.8, 4) is 34.2 Å². The minimum absolute atomic E-state index is 0.0806. The van der Waals surface area contributed by atoms with Crippen LogP contribution in [-0.2, 0) is 52.8 Å². The Bertz CT molecular complexity index is 2780. The Morgan fingerprint density at radius 3 is 2.35 bits per heavy atom. The fraction of sp³-hybridized carbons (Fsp3) is 0.567. The molecule has 0 bridgehead atoms. The first-order valence-electron chi connectivity index (χ1n) is 27.1. The molecule has 3 fully saturated rings. The van der Waals surface area contributed by atoms with Crippen molar-refractivity contribution < 1.29 is 33.4 Å². The van der Waals surface area contributed by atoms with E-state index in [1.54, 1.807) is 35.2 Å². The van der Waals surface area contributed by atoms with Gasteiger partial charge >= 0.3 is 5.97 Å². The zero-order valence-corrected chi connectivity index (χ0v) is 46.7. The largest absolute Gasteiger partial charge is 0.465 e. The third-order valence-corrected chi connectivity index (χ3v) is 16.0. The maximum Gasteiger partial charge on any atom is 0.302 e. The molecule has 4 amide bonds. The van der Waals surface area contributed by atoms with E-state index >= 15 is 0 Å². The average molecular weight is 1030 g/mol. The molecule has 15 nitrogen and oxygen atoms in total. The molecule has 1 saturated carbocycles. The molecular weight excluding hydrogens is 945 g/mol. The highest BCUT2D eigenvalue weighted by Crippen LogP contribution is 2.42. The van der Waals surface area contributed by atoms with Crippen LogP contribution in [0.25, 0.3) is 33.3 Å². The predicted molar refractivity (Wildman–Crippen MR) is 294 cm³/mol. The molecule has 0 spiro atoms. The molecule has 15 heteroatoms. The maximum atomic E-state index is 15.0. The summed E-state index contributed by atoms with van der Waals surface area (Å²) in [4.78, 5) is 79.7. The lowest BCUT2D eigenvalue weighted by molar-refractivity contribution is -0.146. The Morgan fingerprint density at radius 2 is 1.68 bits per heavy atom. The number of carbonyl (C=O) groups is 5. The summed E-state index contributed by atoms with van der Waals surface area (Å²) in [7, 11) is 7.24. The van der Waals surface area contributed by atoms with Gasteiger partial charge in [0, 0.05) is 88.3 Å². The molecule has 75 heavy (non-hydrogen) atoms. The van der Waals surface area contributed by atoms with Gasteiger partial charge in [-0.05, 0) is 138 Å². The molecule has 0 radical (unpaired) electrons. The molecule has 2 aliphatic heterocycles. The van der Waals surface area contributed by atoms with Crippen LogP contribution in [0.15, 0.2) is 60.8 Å². The van der Waals surface area contributed by atoms with Crippen LogP contribution in [0.1, 0.15) is 117 Å². The van der Waals surface area contributed by atoms with Gasteiger partial charge in [-0.15, -0.1) is 0 Å². The van der Waals surface area contributed by atoms with E-state index in [1.165, 1.54) is 6.92 Å². The fourth-order valence-electron chi connectivity index (χ4n) is 11.2. The van der Waals surface area contributed by atoms with E-state index in [1.807, 2.05) is 64.9 Å². The predicted octanol–water partition coefficient (Wildman–Crippen LogP) is 7.84. The summed E-state index contributed by atoms with van der Waals surface area (Å²) in [5.74, 6) is 3.81. The highest BCUT2D eigenvalue weighted by Gasteiger charge is 2.44. The number of carbonyl (C=O) groups excluding carboxylic acids is 5. The third-order valence-electron chi connectivity index (χ3n) is 16.0. The maximum absolute atomic E-state index is 15.0. The summed E-state index contributed by atoms with van der Waals surface area (Å²) in [5, 5.41) is 5.93. The molecule has 404 valence electrons. The zero-order chi connectivity index (χ0) is 54.4. The Kier molecular flexibility index (Phi) is 18.3. The number of nitrogens with zero attached hydrogens (tertiary/aromatic N) is 6. The number of hydrogen-bond acceptors (Lipinski definition) is 10. The van der Waals surface area contributed by atoms with Gasteiger partial charge in [0.1, 0.15) is 12.1 Å². The summed E-state index contributed by atoms with van der Waals surface area (Å²) in [6, 6.07) is 17.0. The topological polar surface area (TPSA) is 159 Å². The Labute approximate surface area is 445 Å². The summed E-state index contributed by atoms with van der Waals surface area (Å²) in [6.45, 7) is 18.5. The average Bonchev–Trinajstić information content (AvgIpc) is 4.14. The van der Waals surface area contributed by atoms with Crippen molar-refractivity contribution in [2.24, 2.45) is 23.2 Å². The van der Waals surface area contributed by atoms with Crippen LogP contribution in [0.2, 0.25) is 0 Å². The lowest BCUT2D eigenvalue weighted by Gasteiger charge is -2.36. The first kappa shape index (κ1) is 56.6. The van der Waals surface area contributed by atoms with Crippen molar-refractivity contribution in [3.05, 3.63) is 77.6 Å². The fourth-order valence-corrected chi connectivity index (χ4v) is 11.2. The number of hydrazine groups is 1. The number of ether oxygens (including phenoxy) is 2. The second kappa shape index (κ2) is 24.3. The minimum atomic E-state index is -0.924. The number of rotatable bonds is 18. The number of benzene rings is 2. The Hall–Kier alpha value is -6.08. The van der Waals surface area contributed by atoms with Gasteiger partial charge in [0.2, 0.25) is 11.8 Å². The number of esters is 1. The van der Waals surface area contributed by atoms with Crippen LogP contribution in [0, 0.1) is 35.0 Å². The number of pyridine rings is 1. The lowest BCUT2D eigenvalue weighted by Crippen LogP contribution is -2.60. The number of likely N-dealkylation sites (tertiary alicyclic amines) is 1. The van der Waals surface area contributed by atoms with Gasteiger partial charge in [-0.1, -0.05) is 69.9 Å². The van der Waals surface area contributed by atoms with Gasteiger partial charge in [-0.25, -0.2) is 5.43 Å². The lowest BCUT2D eigenvalue weighted by atomic mass is 9.84. The van der Waals surface area contributed by atoms with Crippen molar-refractivity contribution in [2.75, 3.05) is 61.0 Å². The van der Waals surface area contributed by atoms with E-state index in [0.29, 0.717) is 32.6 Å². The number of likely N-dealkylation sites (N-methyl/N-ethyl adjacent to an activating group) is 1. The molecular formula is C60H82N8O7. The van der Waals surface area contributed by atoms with Gasteiger partial charge in [0.05, 0.1) is 35.6 Å². The number of hydrogen-bond donors (Lipinski definition) is 2. The highest BCUT2D eigenvalue weighted by molar-refractivity contribution is 5.97. The Balaban J connectivity index is 1.20. The van der Waals surface area contributed by atoms with E-state index < -0.39 is 29.0 Å². The first-order chi connectivity index (χ1) is 35.6. The molecule has 2 saturated heterocycles. The van der Waals surface area contributed by atoms with Crippen LogP contribution in [0.4, 0.5) is 0 Å². The molecule has 7 rings (SSSR count). The molecule has 4 heterocycles. The quantitative estimate of drug-likeness (QED) is 0.0744. The van der Waals surface area contributed by atoms with Crippen molar-refractivity contribution >= 4 is 40.5 Å². The van der Waals surface area contributed by atoms with E-state index in [2.05, 4.69) is 84.3 Å². The van der Waals surface area contributed by atoms with E-state index in [-0.39, 0.29) is 67.1 Å². The van der Waals surface area contributed by atoms with Gasteiger partial charge < -0.3 is 29.2 Å². The van der Waals surface area contributed by atoms with Crippen LogP contribution in [0.3, 0.4) is 0 Å². The van der Waals surface area contributed by atoms with E-state index in [0.717, 1.165) is 88.6 Å². The zero-order valence-electron chi connectivity index (χ0n) is 46.7. The summed E-state index contributed by atoms with van der Waals surface area (Å²) in [5.41, 5.74) is 10.2. The van der Waals surface area contributed by atoms with Gasteiger partial charge in [0.25, 0.3) is 11.8 Å². The monoisotopic (exact) mass is 1030 g/mol. The van der Waals surface area contributed by atoms with Gasteiger partial charge in [0.15, 0.2) is 0 Å². The van der Waals surface area contributed by atoms with E-state index in [9.17, 15) is 24.0 Å². The molecule has 2 N–H and O–H groups in total. The van der Waals surface area contributed by atoms with Gasteiger partial charge in [-0.3, -0.25) is 38.9 Å². The normalized spacial score (nSPS) is 18.6. The molecule has 1 unspecified atom stereocenters. The molecule has 2 aromatic heterocycles. The van der Waals surface area contributed by atoms with Crippen molar-refractivity contribution in [3.63, 3.8) is 0 Å². The minimum Gasteiger partial charge on any atom is -0.465 e. The molecule has 2 aromatic carbocycles. The molecule has 5 atom stereocenters. The van der Waals surface area contributed by atoms with Crippen LogP contribution < -0.4 is 10.7 Å².